The van der Waals surface area contributed by atoms with E-state index in [0.717, 1.165) is 32.5 Å². The summed E-state index contributed by atoms with van der Waals surface area (Å²) in [5.41, 5.74) is 0.344. The van der Waals surface area contributed by atoms with Crippen molar-refractivity contribution in [3.05, 3.63) is 0 Å². The van der Waals surface area contributed by atoms with E-state index in [0.29, 0.717) is 23.7 Å². The maximum absolute atomic E-state index is 11.9. The minimum atomic E-state index is 0. The highest BCUT2D eigenvalue weighted by Crippen LogP contribution is 2.51. The third-order valence-corrected chi connectivity index (χ3v) is 4.56. The van der Waals surface area contributed by atoms with Gasteiger partial charge in [-0.2, -0.15) is 0 Å². The molecule has 0 radical (unpaired) electrons. The van der Waals surface area contributed by atoms with Gasteiger partial charge in [0.05, 0.1) is 6.54 Å². The Morgan fingerprint density at radius 2 is 1.85 bits per heavy atom. The van der Waals surface area contributed by atoms with Crippen molar-refractivity contribution in [1.82, 2.24) is 10.2 Å². The second-order valence-corrected chi connectivity index (χ2v) is 7.51. The zero-order chi connectivity index (χ0) is 14.9. The summed E-state index contributed by atoms with van der Waals surface area (Å²) in [7, 11) is 0. The Morgan fingerprint density at radius 3 is 2.35 bits per heavy atom. The van der Waals surface area contributed by atoms with E-state index >= 15 is 0 Å². The fraction of sp³-hybridized carbons (Fsp3) is 0.875. The maximum atomic E-state index is 11.9. The molecular weight excluding hydrogens is 252 g/mol. The summed E-state index contributed by atoms with van der Waals surface area (Å²) in [6.07, 6.45) is 2.01. The van der Waals surface area contributed by atoms with Gasteiger partial charge in [0.15, 0.2) is 0 Å². The monoisotopic (exact) mass is 282 g/mol. The Kier molecular flexibility index (Phi) is 4.52. The fourth-order valence-electron chi connectivity index (χ4n) is 3.30. The number of rotatable bonds is 6. The topological polar surface area (TPSA) is 49.4 Å². The number of Topliss-reactive ketones (excluding diaryl/α,β-unsaturated/α-hetero) is 1. The molecule has 4 heteroatoms. The number of nitrogens with one attached hydrogen (secondary N) is 1. The molecule has 1 aliphatic carbocycles. The van der Waals surface area contributed by atoms with Crippen molar-refractivity contribution >= 4 is 11.7 Å². The molecule has 2 rings (SSSR count). The van der Waals surface area contributed by atoms with Crippen LogP contribution in [0.4, 0.5) is 0 Å². The van der Waals surface area contributed by atoms with Gasteiger partial charge in [-0.3, -0.25) is 14.5 Å². The third-order valence-electron chi connectivity index (χ3n) is 4.56. The van der Waals surface area contributed by atoms with E-state index < -0.39 is 0 Å². The van der Waals surface area contributed by atoms with Crippen molar-refractivity contribution in [3.63, 3.8) is 0 Å². The number of hydrogen-bond acceptors (Lipinski definition) is 3. The average molecular weight is 282 g/mol. The number of ketones is 1. The number of likely N-dealkylation sites (tertiary alicyclic amines) is 1. The van der Waals surface area contributed by atoms with Crippen LogP contribution in [0.2, 0.25) is 0 Å². The lowest BCUT2D eigenvalue weighted by Gasteiger charge is -2.58. The Hall–Kier alpha value is -0.900. The number of amides is 1. The van der Waals surface area contributed by atoms with E-state index in [9.17, 15) is 9.59 Å². The van der Waals surface area contributed by atoms with Gasteiger partial charge in [0.2, 0.25) is 5.91 Å². The van der Waals surface area contributed by atoms with Gasteiger partial charge >= 0.3 is 0 Å². The van der Waals surface area contributed by atoms with Crippen LogP contribution >= 0.6 is 0 Å². The van der Waals surface area contributed by atoms with Gasteiger partial charge in [-0.15, -0.1) is 0 Å². The van der Waals surface area contributed by atoms with Gasteiger partial charge in [0, 0.05) is 32.9 Å². The molecule has 20 heavy (non-hydrogen) atoms. The van der Waals surface area contributed by atoms with Crippen molar-refractivity contribution in [1.29, 1.82) is 0 Å². The van der Waals surface area contributed by atoms with Crippen LogP contribution in [0, 0.1) is 23.2 Å². The van der Waals surface area contributed by atoms with Crippen LogP contribution in [0.5, 0.6) is 0 Å². The van der Waals surface area contributed by atoms with Crippen LogP contribution in [0.1, 0.15) is 42.0 Å². The maximum Gasteiger partial charge on any atom is 0.223 e. The second-order valence-electron chi connectivity index (χ2n) is 7.51. The van der Waals surface area contributed by atoms with Gasteiger partial charge < -0.3 is 5.32 Å². The first kappa shape index (κ1) is 15.5. The van der Waals surface area contributed by atoms with Gasteiger partial charge in [0.25, 0.3) is 0 Å². The molecule has 2 fully saturated rings. The molecule has 1 amide bonds. The summed E-state index contributed by atoms with van der Waals surface area (Å²) in [6, 6.07) is 0. The highest BCUT2D eigenvalue weighted by atomic mass is 16.2. The van der Waals surface area contributed by atoms with Gasteiger partial charge in [-0.25, -0.2) is 0 Å². The first-order chi connectivity index (χ1) is 9.31. The zero-order valence-corrected chi connectivity index (χ0v) is 13.2. The van der Waals surface area contributed by atoms with Crippen LogP contribution in [0.15, 0.2) is 0 Å². The molecular formula is C16H30N2O2. The normalized spacial score (nSPS) is 21.9. The Balaban J connectivity index is 0.00000220. The lowest BCUT2D eigenvalue weighted by Crippen LogP contribution is -2.64. The summed E-state index contributed by atoms with van der Waals surface area (Å²) >= 11 is 0. The predicted molar refractivity (Wildman–Crippen MR) is 81.4 cm³/mol. The molecule has 0 atom stereocenters. The summed E-state index contributed by atoms with van der Waals surface area (Å²) in [5, 5.41) is 3.02. The molecule has 1 spiro atoms. The molecule has 1 saturated heterocycles. The second kappa shape index (κ2) is 5.84. The molecule has 0 aromatic carbocycles. The van der Waals surface area contributed by atoms with Crippen LogP contribution in [-0.2, 0) is 9.59 Å². The quantitative estimate of drug-likeness (QED) is 0.810. The third kappa shape index (κ3) is 3.40. The summed E-state index contributed by atoms with van der Waals surface area (Å²) in [5.74, 6) is 1.39. The Labute approximate surface area is 123 Å². The highest BCUT2D eigenvalue weighted by Gasteiger charge is 2.54. The standard InChI is InChI=1S/C16H28N2O2.H2/c1-11(2)7-17-15(20)13-5-16(6-13)9-18(10-16)8-14(19)12(3)4;/h11-13H,5-10H2,1-4H3,(H,17,20);1H. The molecule has 0 aromatic heterocycles. The van der Waals surface area contributed by atoms with Crippen molar-refractivity contribution in [2.24, 2.45) is 23.2 Å². The molecule has 0 unspecified atom stereocenters. The Bertz CT molecular complexity index is 382. The lowest BCUT2D eigenvalue weighted by atomic mass is 9.57. The Morgan fingerprint density at radius 1 is 1.25 bits per heavy atom. The summed E-state index contributed by atoms with van der Waals surface area (Å²) in [4.78, 5) is 25.8. The molecule has 1 saturated carbocycles. The largest absolute Gasteiger partial charge is 0.356 e. The highest BCUT2D eigenvalue weighted by molar-refractivity contribution is 5.82. The molecule has 116 valence electrons. The van der Waals surface area contributed by atoms with Gasteiger partial charge in [0.1, 0.15) is 5.78 Å². The van der Waals surface area contributed by atoms with Crippen LogP contribution in [0.25, 0.3) is 0 Å². The molecule has 2 aliphatic rings. The molecule has 0 aromatic rings. The fourth-order valence-corrected chi connectivity index (χ4v) is 3.30. The smallest absolute Gasteiger partial charge is 0.223 e. The molecule has 0 bridgehead atoms. The lowest BCUT2D eigenvalue weighted by molar-refractivity contribution is -0.148. The zero-order valence-electron chi connectivity index (χ0n) is 13.2. The molecule has 1 N–H and O–H groups in total. The van der Waals surface area contributed by atoms with Crippen molar-refractivity contribution in [2.75, 3.05) is 26.2 Å². The predicted octanol–water partition coefficient (Wildman–Crippen LogP) is 1.94. The summed E-state index contributed by atoms with van der Waals surface area (Å²) in [6.45, 7) is 11.5. The van der Waals surface area contributed by atoms with Gasteiger partial charge in [-0.05, 0) is 24.2 Å². The van der Waals surface area contributed by atoms with Crippen molar-refractivity contribution < 1.29 is 11.0 Å². The number of carbonyl (C=O) groups is 2. The molecule has 1 heterocycles. The van der Waals surface area contributed by atoms with E-state index in [1.807, 2.05) is 13.8 Å². The van der Waals surface area contributed by atoms with Crippen LogP contribution in [-0.4, -0.2) is 42.8 Å². The SMILES string of the molecule is CC(C)CNC(=O)C1CC2(C1)CN(CC(=O)C(C)C)C2.[HH]. The minimum absolute atomic E-state index is 0. The van der Waals surface area contributed by atoms with Crippen molar-refractivity contribution in [3.8, 4) is 0 Å². The summed E-state index contributed by atoms with van der Waals surface area (Å²) < 4.78 is 0. The number of nitrogens with zero attached hydrogens (tertiary/aromatic N) is 1. The average Bonchev–Trinajstić information content (AvgIpc) is 2.26. The van der Waals surface area contributed by atoms with E-state index in [4.69, 9.17) is 0 Å². The first-order valence-corrected chi connectivity index (χ1v) is 7.84. The number of carbonyl (C=O) groups excluding carboxylic acids is 2. The minimum Gasteiger partial charge on any atom is -0.356 e. The van der Waals surface area contributed by atoms with Gasteiger partial charge in [-0.1, -0.05) is 27.7 Å². The number of hydrogen-bond donors (Lipinski definition) is 1. The van der Waals surface area contributed by atoms with Crippen LogP contribution < -0.4 is 5.32 Å². The first-order valence-electron chi connectivity index (χ1n) is 7.84. The molecule has 4 nitrogen and oxygen atoms in total. The van der Waals surface area contributed by atoms with E-state index in [-0.39, 0.29) is 19.2 Å². The van der Waals surface area contributed by atoms with Crippen molar-refractivity contribution in [2.45, 2.75) is 40.5 Å². The van der Waals surface area contributed by atoms with E-state index in [1.54, 1.807) is 0 Å². The molecule has 1 aliphatic heterocycles. The van der Waals surface area contributed by atoms with Crippen LogP contribution in [0.3, 0.4) is 0 Å². The van der Waals surface area contributed by atoms with E-state index in [2.05, 4.69) is 24.1 Å². The van der Waals surface area contributed by atoms with E-state index in [1.165, 1.54) is 0 Å².